The van der Waals surface area contributed by atoms with Gasteiger partial charge in [-0.1, -0.05) is 24.3 Å². The van der Waals surface area contributed by atoms with Gasteiger partial charge in [-0.25, -0.2) is 4.79 Å². The van der Waals surface area contributed by atoms with E-state index < -0.39 is 6.10 Å². The van der Waals surface area contributed by atoms with Gasteiger partial charge in [0.25, 0.3) is 5.91 Å². The first-order chi connectivity index (χ1) is 13.6. The summed E-state index contributed by atoms with van der Waals surface area (Å²) in [7, 11) is 1.35. The minimum Gasteiger partial charge on any atom is -0.489 e. The average Bonchev–Trinajstić information content (AvgIpc) is 2.72. The Hall–Kier alpha value is -3.06. The highest BCUT2D eigenvalue weighted by atomic mass is 16.6. The topological polar surface area (TPSA) is 85.9 Å². The monoisotopic (exact) mass is 384 g/mol. The fraction of sp³-hybridized carbons (Fsp3) is 0.333. The quantitative estimate of drug-likeness (QED) is 0.680. The Morgan fingerprint density at radius 2 is 1.86 bits per heavy atom. The highest BCUT2D eigenvalue weighted by Crippen LogP contribution is 2.20. The lowest BCUT2D eigenvalue weighted by Crippen LogP contribution is -2.48. The zero-order valence-corrected chi connectivity index (χ0v) is 15.9. The molecule has 3 rings (SSSR count). The van der Waals surface area contributed by atoms with E-state index >= 15 is 0 Å². The molecule has 1 aliphatic rings. The Bertz CT molecular complexity index is 822. The number of amides is 1. The van der Waals surface area contributed by atoms with Crippen molar-refractivity contribution in [3.05, 3.63) is 59.7 Å². The van der Waals surface area contributed by atoms with E-state index in [2.05, 4.69) is 10.6 Å². The van der Waals surface area contributed by atoms with Crippen LogP contribution in [0.5, 0.6) is 5.75 Å². The molecule has 2 aromatic rings. The number of para-hydroxylation sites is 1. The Balaban J connectivity index is 1.55. The second-order valence-corrected chi connectivity index (χ2v) is 6.34. The number of ether oxygens (including phenoxy) is 3. The van der Waals surface area contributed by atoms with Crippen LogP contribution in [0.15, 0.2) is 48.5 Å². The summed E-state index contributed by atoms with van der Waals surface area (Å²) in [5.41, 5.74) is 2.35. The van der Waals surface area contributed by atoms with Crippen LogP contribution in [0.2, 0.25) is 0 Å². The van der Waals surface area contributed by atoms with Gasteiger partial charge < -0.3 is 24.8 Å². The van der Waals surface area contributed by atoms with Crippen molar-refractivity contribution >= 4 is 17.6 Å². The summed E-state index contributed by atoms with van der Waals surface area (Å²) in [6, 6.07) is 14.8. The summed E-state index contributed by atoms with van der Waals surface area (Å²) >= 11 is 0. The van der Waals surface area contributed by atoms with Crippen molar-refractivity contribution in [1.29, 1.82) is 0 Å². The molecule has 2 atom stereocenters. The zero-order valence-electron chi connectivity index (χ0n) is 15.9. The molecule has 0 spiro atoms. The molecule has 0 fully saturated rings. The summed E-state index contributed by atoms with van der Waals surface area (Å²) in [5, 5.41) is 6.11. The van der Waals surface area contributed by atoms with Crippen LogP contribution in [0.1, 0.15) is 22.8 Å². The van der Waals surface area contributed by atoms with E-state index in [1.54, 1.807) is 6.07 Å². The molecule has 0 radical (unpaired) electrons. The highest BCUT2D eigenvalue weighted by Gasteiger charge is 2.23. The second kappa shape index (κ2) is 9.23. The van der Waals surface area contributed by atoms with E-state index in [-0.39, 0.29) is 24.6 Å². The molecular formula is C21H24N2O5. The molecule has 1 amide bonds. The minimum atomic E-state index is -0.622. The molecule has 0 saturated carbocycles. The molecule has 2 unspecified atom stereocenters. The van der Waals surface area contributed by atoms with Crippen molar-refractivity contribution in [2.24, 2.45) is 0 Å². The van der Waals surface area contributed by atoms with Crippen LogP contribution in [0.3, 0.4) is 0 Å². The van der Waals surface area contributed by atoms with E-state index in [9.17, 15) is 9.59 Å². The minimum absolute atomic E-state index is 0.122. The first-order valence-electron chi connectivity index (χ1n) is 9.18. The molecule has 1 heterocycles. The van der Waals surface area contributed by atoms with Gasteiger partial charge in [0.15, 0.2) is 6.10 Å². The summed E-state index contributed by atoms with van der Waals surface area (Å²) in [5.74, 6) is 0.161. The predicted octanol–water partition coefficient (Wildman–Crippen LogP) is 2.37. The molecule has 0 bridgehead atoms. The van der Waals surface area contributed by atoms with Crippen LogP contribution in [-0.2, 0) is 20.7 Å². The molecule has 0 aromatic heterocycles. The summed E-state index contributed by atoms with van der Waals surface area (Å²) < 4.78 is 16.0. The number of carbonyl (C=O) groups is 2. The van der Waals surface area contributed by atoms with Crippen LogP contribution < -0.4 is 15.4 Å². The number of anilines is 1. The molecule has 2 N–H and O–H groups in total. The number of hydrogen-bond acceptors (Lipinski definition) is 6. The average molecular weight is 384 g/mol. The van der Waals surface area contributed by atoms with Gasteiger partial charge in [0, 0.05) is 18.7 Å². The Labute approximate surface area is 164 Å². The van der Waals surface area contributed by atoms with E-state index in [0.717, 1.165) is 11.3 Å². The number of methoxy groups -OCH3 is 1. The van der Waals surface area contributed by atoms with Crippen LogP contribution in [-0.4, -0.2) is 44.5 Å². The second-order valence-electron chi connectivity index (χ2n) is 6.34. The summed E-state index contributed by atoms with van der Waals surface area (Å²) in [4.78, 5) is 23.9. The third kappa shape index (κ3) is 4.80. The molecule has 7 heteroatoms. The number of carbonyl (C=O) groups excluding carboxylic acids is 2. The van der Waals surface area contributed by atoms with Gasteiger partial charge >= 0.3 is 5.97 Å². The molecular weight excluding hydrogens is 360 g/mol. The summed E-state index contributed by atoms with van der Waals surface area (Å²) in [6.45, 7) is 2.55. The predicted molar refractivity (Wildman–Crippen MR) is 104 cm³/mol. The standard InChI is InChI=1S/C21H24N2O5/c1-3-27-18(21(25)26-2)12-14-8-10-15(11-9-14)28-13-19-22-17-7-5-4-6-16(17)20(24)23-19/h4-11,18-19,22H,3,12-13H2,1-2H3,(H,23,24). The van der Waals surface area contributed by atoms with Gasteiger partial charge in [-0.15, -0.1) is 0 Å². The lowest BCUT2D eigenvalue weighted by atomic mass is 10.1. The third-order valence-electron chi connectivity index (χ3n) is 4.40. The largest absolute Gasteiger partial charge is 0.489 e. The Morgan fingerprint density at radius 1 is 1.11 bits per heavy atom. The number of rotatable bonds is 8. The molecule has 1 aliphatic heterocycles. The van der Waals surface area contributed by atoms with Gasteiger partial charge in [-0.05, 0) is 36.8 Å². The molecule has 2 aromatic carbocycles. The fourth-order valence-corrected chi connectivity index (χ4v) is 3.01. The van der Waals surface area contributed by atoms with Crippen molar-refractivity contribution < 1.29 is 23.8 Å². The maximum atomic E-state index is 12.1. The first-order valence-corrected chi connectivity index (χ1v) is 9.18. The van der Waals surface area contributed by atoms with Gasteiger partial charge in [0.05, 0.1) is 12.7 Å². The number of hydrogen-bond donors (Lipinski definition) is 2. The van der Waals surface area contributed by atoms with Crippen LogP contribution in [0.25, 0.3) is 0 Å². The van der Waals surface area contributed by atoms with Crippen LogP contribution in [0, 0.1) is 0 Å². The number of benzene rings is 2. The van der Waals surface area contributed by atoms with Gasteiger partial charge in [-0.2, -0.15) is 0 Å². The van der Waals surface area contributed by atoms with Crippen LogP contribution in [0.4, 0.5) is 5.69 Å². The molecule has 7 nitrogen and oxygen atoms in total. The lowest BCUT2D eigenvalue weighted by molar-refractivity contribution is -0.153. The van der Waals surface area contributed by atoms with Crippen molar-refractivity contribution in [3.63, 3.8) is 0 Å². The first kappa shape index (κ1) is 19.7. The summed E-state index contributed by atoms with van der Waals surface area (Å²) in [6.07, 6.45) is -0.509. The molecule has 148 valence electrons. The van der Waals surface area contributed by atoms with E-state index in [1.165, 1.54) is 7.11 Å². The maximum Gasteiger partial charge on any atom is 0.335 e. The lowest BCUT2D eigenvalue weighted by Gasteiger charge is -2.27. The molecule has 28 heavy (non-hydrogen) atoms. The number of fused-ring (bicyclic) bond motifs is 1. The van der Waals surface area contributed by atoms with Gasteiger partial charge in [-0.3, -0.25) is 4.79 Å². The normalized spacial score (nSPS) is 16.4. The smallest absolute Gasteiger partial charge is 0.335 e. The van der Waals surface area contributed by atoms with Crippen molar-refractivity contribution in [2.75, 3.05) is 25.6 Å². The zero-order chi connectivity index (χ0) is 19.9. The van der Waals surface area contributed by atoms with Crippen molar-refractivity contribution in [3.8, 4) is 5.75 Å². The van der Waals surface area contributed by atoms with Crippen molar-refractivity contribution in [1.82, 2.24) is 5.32 Å². The van der Waals surface area contributed by atoms with Gasteiger partial charge in [0.1, 0.15) is 18.5 Å². The molecule has 0 aliphatic carbocycles. The molecule has 0 saturated heterocycles. The van der Waals surface area contributed by atoms with Crippen molar-refractivity contribution in [2.45, 2.75) is 25.6 Å². The van der Waals surface area contributed by atoms with Crippen LogP contribution >= 0.6 is 0 Å². The number of esters is 1. The van der Waals surface area contributed by atoms with Gasteiger partial charge in [0.2, 0.25) is 0 Å². The third-order valence-corrected chi connectivity index (χ3v) is 4.40. The Morgan fingerprint density at radius 3 is 2.57 bits per heavy atom. The van der Waals surface area contributed by atoms with E-state index in [0.29, 0.717) is 24.3 Å². The highest BCUT2D eigenvalue weighted by molar-refractivity contribution is 6.01. The fourth-order valence-electron chi connectivity index (χ4n) is 3.01. The maximum absolute atomic E-state index is 12.1. The Kier molecular flexibility index (Phi) is 6.49. The van der Waals surface area contributed by atoms with E-state index in [4.69, 9.17) is 14.2 Å². The van der Waals surface area contributed by atoms with E-state index in [1.807, 2.05) is 49.4 Å². The number of nitrogens with one attached hydrogen (secondary N) is 2. The SMILES string of the molecule is CCOC(Cc1ccc(OCC2NC(=O)c3ccccc3N2)cc1)C(=O)OC.